The highest BCUT2D eigenvalue weighted by atomic mass is 35.5. The van der Waals surface area contributed by atoms with Crippen LogP contribution >= 0.6 is 24.8 Å². The molecule has 0 atom stereocenters. The van der Waals surface area contributed by atoms with Gasteiger partial charge in [-0.05, 0) is 91.5 Å². The Morgan fingerprint density at radius 1 is 0.846 bits per heavy atom. The molecule has 0 aromatic heterocycles. The molecule has 0 saturated carbocycles. The number of benzene rings is 3. The number of anilines is 1. The van der Waals surface area contributed by atoms with Gasteiger partial charge in [-0.25, -0.2) is 13.6 Å². The lowest BCUT2D eigenvalue weighted by Crippen LogP contribution is -2.32. The van der Waals surface area contributed by atoms with Gasteiger partial charge in [0.25, 0.3) is 0 Å². The molecule has 1 heterocycles. The largest absolute Gasteiger partial charge is 0.326 e. The summed E-state index contributed by atoms with van der Waals surface area (Å²) in [5.41, 5.74) is 5.19. The van der Waals surface area contributed by atoms with Gasteiger partial charge in [0.15, 0.2) is 0 Å². The number of carbonyl (C=O) groups excluding carboxylic acids is 1. The number of sulfonamides is 1. The van der Waals surface area contributed by atoms with Crippen LogP contribution in [0.4, 0.5) is 5.69 Å². The molecule has 0 radical (unpaired) electrons. The Morgan fingerprint density at radius 3 is 2.21 bits per heavy atom. The summed E-state index contributed by atoms with van der Waals surface area (Å²) in [7, 11) is -3.66. The summed E-state index contributed by atoms with van der Waals surface area (Å²) in [4.78, 5) is 15.0. The number of nitrogens with one attached hydrogen (secondary N) is 2. The average Bonchev–Trinajstić information content (AvgIpc) is 2.91. The maximum Gasteiger partial charge on any atom is 0.238 e. The van der Waals surface area contributed by atoms with Gasteiger partial charge in [-0.1, -0.05) is 48.9 Å². The Balaban J connectivity index is 0.00000267. The van der Waals surface area contributed by atoms with Crippen molar-refractivity contribution in [2.75, 3.05) is 31.5 Å². The summed E-state index contributed by atoms with van der Waals surface area (Å²) in [6, 6.07) is 23.0. The van der Waals surface area contributed by atoms with E-state index in [0.717, 1.165) is 67.1 Å². The number of hydrogen-bond donors (Lipinski definition) is 3. The SMILES string of the molecule is Cl.Cl.NS(=O)(=O)c1ccc(CCNCc2cccc(-c3cccc(NC(=O)CCN4CCCCC4)c3)c2)cc1. The molecule has 1 fully saturated rings. The first kappa shape index (κ1) is 32.8. The third-order valence-corrected chi connectivity index (χ3v) is 7.61. The van der Waals surface area contributed by atoms with Crippen molar-refractivity contribution >= 4 is 46.4 Å². The molecule has 3 aromatic carbocycles. The van der Waals surface area contributed by atoms with Crippen molar-refractivity contribution in [1.82, 2.24) is 10.2 Å². The predicted molar refractivity (Wildman–Crippen MR) is 163 cm³/mol. The fourth-order valence-corrected chi connectivity index (χ4v) is 5.13. The molecule has 1 amide bonds. The second-order valence-corrected chi connectivity index (χ2v) is 11.2. The van der Waals surface area contributed by atoms with Crippen LogP contribution in [0.2, 0.25) is 0 Å². The van der Waals surface area contributed by atoms with Crippen molar-refractivity contribution < 1.29 is 13.2 Å². The van der Waals surface area contributed by atoms with E-state index in [0.29, 0.717) is 6.42 Å². The summed E-state index contributed by atoms with van der Waals surface area (Å²) in [6.45, 7) is 4.50. The first-order valence-corrected chi connectivity index (χ1v) is 14.5. The minimum absolute atomic E-state index is 0. The second-order valence-electron chi connectivity index (χ2n) is 9.60. The second kappa shape index (κ2) is 16.0. The molecule has 0 bridgehead atoms. The molecule has 1 aliphatic heterocycles. The first-order chi connectivity index (χ1) is 17.9. The molecule has 4 rings (SSSR count). The first-order valence-electron chi connectivity index (χ1n) is 12.9. The summed E-state index contributed by atoms with van der Waals surface area (Å²) in [6.07, 6.45) is 5.06. The van der Waals surface area contributed by atoms with Crippen molar-refractivity contribution in [2.24, 2.45) is 5.14 Å². The summed E-state index contributed by atoms with van der Waals surface area (Å²) < 4.78 is 22.8. The van der Waals surface area contributed by atoms with Gasteiger partial charge in [-0.2, -0.15) is 0 Å². The molecule has 212 valence electrons. The topological polar surface area (TPSA) is 105 Å². The molecule has 0 spiro atoms. The number of primary sulfonamides is 1. The smallest absolute Gasteiger partial charge is 0.238 e. The number of nitrogens with zero attached hydrogens (tertiary/aromatic N) is 1. The number of piperidine rings is 1. The van der Waals surface area contributed by atoms with Crippen molar-refractivity contribution in [1.29, 1.82) is 0 Å². The quantitative estimate of drug-likeness (QED) is 0.272. The number of amides is 1. The Kier molecular flexibility index (Phi) is 13.4. The highest BCUT2D eigenvalue weighted by Crippen LogP contribution is 2.24. The summed E-state index contributed by atoms with van der Waals surface area (Å²) in [5.74, 6) is 0.0555. The van der Waals surface area contributed by atoms with E-state index in [-0.39, 0.29) is 35.6 Å². The third-order valence-electron chi connectivity index (χ3n) is 6.68. The van der Waals surface area contributed by atoms with Gasteiger partial charge in [0.1, 0.15) is 0 Å². The van der Waals surface area contributed by atoms with Crippen molar-refractivity contribution in [3.05, 3.63) is 83.9 Å². The van der Waals surface area contributed by atoms with Gasteiger partial charge < -0.3 is 15.5 Å². The zero-order chi connectivity index (χ0) is 26.1. The van der Waals surface area contributed by atoms with E-state index in [2.05, 4.69) is 39.8 Å². The van der Waals surface area contributed by atoms with Crippen LogP contribution < -0.4 is 15.8 Å². The lowest BCUT2D eigenvalue weighted by Gasteiger charge is -2.25. The zero-order valence-electron chi connectivity index (χ0n) is 22.0. The van der Waals surface area contributed by atoms with Crippen LogP contribution in [0, 0.1) is 0 Å². The van der Waals surface area contributed by atoms with Crippen LogP contribution in [-0.2, 0) is 27.8 Å². The van der Waals surface area contributed by atoms with Crippen molar-refractivity contribution in [2.45, 2.75) is 43.5 Å². The van der Waals surface area contributed by atoms with E-state index in [1.165, 1.54) is 19.3 Å². The summed E-state index contributed by atoms with van der Waals surface area (Å²) >= 11 is 0. The lowest BCUT2D eigenvalue weighted by molar-refractivity contribution is -0.116. The zero-order valence-corrected chi connectivity index (χ0v) is 24.4. The molecule has 39 heavy (non-hydrogen) atoms. The van der Waals surface area contributed by atoms with E-state index >= 15 is 0 Å². The Morgan fingerprint density at radius 2 is 1.51 bits per heavy atom. The van der Waals surface area contributed by atoms with Crippen LogP contribution in [0.3, 0.4) is 0 Å². The van der Waals surface area contributed by atoms with E-state index in [9.17, 15) is 13.2 Å². The predicted octanol–water partition coefficient (Wildman–Crippen LogP) is 4.99. The summed E-state index contributed by atoms with van der Waals surface area (Å²) in [5, 5.41) is 11.7. The molecule has 0 aliphatic carbocycles. The van der Waals surface area contributed by atoms with Crippen molar-refractivity contribution in [3.63, 3.8) is 0 Å². The van der Waals surface area contributed by atoms with Crippen LogP contribution in [0.25, 0.3) is 11.1 Å². The number of likely N-dealkylation sites (tertiary alicyclic amines) is 1. The van der Waals surface area contributed by atoms with Gasteiger partial charge in [0, 0.05) is 25.2 Å². The standard InChI is InChI=1S/C29H36N4O3S.2ClH/c30-37(35,36)28-12-10-23(11-13-28)14-16-31-22-24-6-4-7-25(20-24)26-8-5-9-27(21-26)32-29(34)15-19-33-17-2-1-3-18-33;;/h4-13,20-21,31H,1-3,14-19,22H2,(H,32,34)(H2,30,35,36);2*1H. The maximum absolute atomic E-state index is 12.5. The van der Waals surface area contributed by atoms with Gasteiger partial charge in [-0.15, -0.1) is 24.8 Å². The van der Waals surface area contributed by atoms with Gasteiger partial charge in [-0.3, -0.25) is 4.79 Å². The molecular weight excluding hydrogens is 555 g/mol. The molecule has 1 saturated heterocycles. The molecule has 3 aromatic rings. The van der Waals surface area contributed by atoms with Crippen molar-refractivity contribution in [3.8, 4) is 11.1 Å². The van der Waals surface area contributed by atoms with Gasteiger partial charge in [0.2, 0.25) is 15.9 Å². The number of hydrogen-bond acceptors (Lipinski definition) is 5. The Labute approximate surface area is 244 Å². The fourth-order valence-electron chi connectivity index (χ4n) is 4.61. The van der Waals surface area contributed by atoms with Gasteiger partial charge >= 0.3 is 0 Å². The van der Waals surface area contributed by atoms with Crippen LogP contribution in [-0.4, -0.2) is 45.4 Å². The molecule has 7 nitrogen and oxygen atoms in total. The number of nitrogens with two attached hydrogens (primary N) is 1. The van der Waals surface area contributed by atoms with Gasteiger partial charge in [0.05, 0.1) is 4.90 Å². The lowest BCUT2D eigenvalue weighted by atomic mass is 10.0. The van der Waals surface area contributed by atoms with E-state index in [1.807, 2.05) is 24.3 Å². The molecule has 4 N–H and O–H groups in total. The number of carbonyl (C=O) groups is 1. The van der Waals surface area contributed by atoms with Crippen LogP contribution in [0.15, 0.2) is 77.7 Å². The van der Waals surface area contributed by atoms with Crippen LogP contribution in [0.5, 0.6) is 0 Å². The minimum atomic E-state index is -3.66. The van der Waals surface area contributed by atoms with E-state index in [1.54, 1.807) is 24.3 Å². The third kappa shape index (κ3) is 10.6. The molecule has 1 aliphatic rings. The average molecular weight is 594 g/mol. The molecular formula is C29H38Cl2N4O3S. The normalized spacial score (nSPS) is 13.7. The molecule has 10 heteroatoms. The van der Waals surface area contributed by atoms with Crippen LogP contribution in [0.1, 0.15) is 36.8 Å². The van der Waals surface area contributed by atoms with E-state index < -0.39 is 10.0 Å². The Hall–Kier alpha value is -2.46. The minimum Gasteiger partial charge on any atom is -0.326 e. The monoisotopic (exact) mass is 592 g/mol. The maximum atomic E-state index is 12.5. The highest BCUT2D eigenvalue weighted by Gasteiger charge is 2.12. The van der Waals surface area contributed by atoms with E-state index in [4.69, 9.17) is 5.14 Å². The highest BCUT2D eigenvalue weighted by molar-refractivity contribution is 7.89. The molecule has 0 unspecified atom stereocenters. The Bertz CT molecular complexity index is 1300. The number of rotatable bonds is 11. The fraction of sp³-hybridized carbons (Fsp3) is 0.345. The number of halogens is 2.